The van der Waals surface area contributed by atoms with Crippen LogP contribution < -0.4 is 5.32 Å². The maximum Gasteiger partial charge on any atom is 0.159 e. The number of aldehydes is 1. The van der Waals surface area contributed by atoms with E-state index in [9.17, 15) is 9.59 Å². The number of carbonyl (C=O) groups is 2. The summed E-state index contributed by atoms with van der Waals surface area (Å²) in [6, 6.07) is 15.5. The number of hydrogen-bond acceptors (Lipinski definition) is 3. The molecule has 1 N–H and O–H groups in total. The van der Waals surface area contributed by atoms with E-state index in [4.69, 9.17) is 0 Å². The molecule has 0 unspecified atom stereocenters. The van der Waals surface area contributed by atoms with Gasteiger partial charge in [-0.3, -0.25) is 9.59 Å². The SMILES string of the molecule is CC(=O)c1ccc(C(=C2CCNCC2)c2ccc(C=O)cc2)cc1. The molecule has 3 rings (SSSR count). The second-order valence-corrected chi connectivity index (χ2v) is 6.10. The first-order valence-corrected chi connectivity index (χ1v) is 8.29. The quantitative estimate of drug-likeness (QED) is 0.687. The van der Waals surface area contributed by atoms with Gasteiger partial charge in [0.25, 0.3) is 0 Å². The molecule has 2 aromatic carbocycles. The Kier molecular flexibility index (Phi) is 5.02. The van der Waals surface area contributed by atoms with Crippen molar-refractivity contribution >= 4 is 17.6 Å². The monoisotopic (exact) mass is 319 g/mol. The molecule has 1 aliphatic rings. The zero-order valence-corrected chi connectivity index (χ0v) is 13.8. The number of Topliss-reactive ketones (excluding diaryl/α,β-unsaturated/α-hetero) is 1. The fourth-order valence-electron chi connectivity index (χ4n) is 3.15. The zero-order chi connectivity index (χ0) is 16.9. The maximum absolute atomic E-state index is 11.5. The molecular weight excluding hydrogens is 298 g/mol. The van der Waals surface area contributed by atoms with Crippen LogP contribution in [0, 0.1) is 0 Å². The summed E-state index contributed by atoms with van der Waals surface area (Å²) in [7, 11) is 0. The van der Waals surface area contributed by atoms with Gasteiger partial charge in [0.05, 0.1) is 0 Å². The van der Waals surface area contributed by atoms with Crippen molar-refractivity contribution in [3.05, 3.63) is 76.4 Å². The van der Waals surface area contributed by atoms with E-state index >= 15 is 0 Å². The molecule has 0 atom stereocenters. The van der Waals surface area contributed by atoms with Crippen molar-refractivity contribution in [2.75, 3.05) is 13.1 Å². The number of ketones is 1. The Bertz CT molecular complexity index is 762. The lowest BCUT2D eigenvalue weighted by molar-refractivity contribution is 0.101. The molecular formula is C21H21NO2. The predicted molar refractivity (Wildman–Crippen MR) is 96.4 cm³/mol. The molecule has 2 aromatic rings. The predicted octanol–water partition coefficient (Wildman–Crippen LogP) is 3.89. The summed E-state index contributed by atoms with van der Waals surface area (Å²) in [5.41, 5.74) is 6.29. The van der Waals surface area contributed by atoms with Crippen LogP contribution in [0.15, 0.2) is 54.1 Å². The average Bonchev–Trinajstić information content (AvgIpc) is 2.64. The Hall–Kier alpha value is -2.52. The smallest absolute Gasteiger partial charge is 0.159 e. The fraction of sp³-hybridized carbons (Fsp3) is 0.238. The molecule has 24 heavy (non-hydrogen) atoms. The van der Waals surface area contributed by atoms with Crippen LogP contribution >= 0.6 is 0 Å². The third kappa shape index (κ3) is 3.52. The van der Waals surface area contributed by atoms with Crippen molar-refractivity contribution in [2.45, 2.75) is 19.8 Å². The number of nitrogens with one attached hydrogen (secondary N) is 1. The van der Waals surface area contributed by atoms with E-state index in [1.165, 1.54) is 11.1 Å². The lowest BCUT2D eigenvalue weighted by atomic mass is 9.88. The van der Waals surface area contributed by atoms with E-state index in [0.717, 1.165) is 48.9 Å². The minimum Gasteiger partial charge on any atom is -0.316 e. The molecule has 0 amide bonds. The first kappa shape index (κ1) is 16.3. The first-order valence-electron chi connectivity index (χ1n) is 8.29. The highest BCUT2D eigenvalue weighted by atomic mass is 16.1. The number of piperidine rings is 1. The van der Waals surface area contributed by atoms with E-state index < -0.39 is 0 Å². The van der Waals surface area contributed by atoms with Gasteiger partial charge in [-0.05, 0) is 49.6 Å². The summed E-state index contributed by atoms with van der Waals surface area (Å²) in [5, 5.41) is 3.39. The number of carbonyl (C=O) groups excluding carboxylic acids is 2. The van der Waals surface area contributed by atoms with Crippen LogP contribution in [0.5, 0.6) is 0 Å². The summed E-state index contributed by atoms with van der Waals surface area (Å²) < 4.78 is 0. The third-order valence-electron chi connectivity index (χ3n) is 4.48. The van der Waals surface area contributed by atoms with Crippen LogP contribution in [0.25, 0.3) is 5.57 Å². The maximum atomic E-state index is 11.5. The minimum absolute atomic E-state index is 0.0768. The van der Waals surface area contributed by atoms with Crippen molar-refractivity contribution in [3.63, 3.8) is 0 Å². The molecule has 1 heterocycles. The second kappa shape index (κ2) is 7.37. The van der Waals surface area contributed by atoms with Gasteiger partial charge in [0, 0.05) is 11.1 Å². The van der Waals surface area contributed by atoms with Gasteiger partial charge in [0.2, 0.25) is 0 Å². The Labute approximate surface area is 142 Å². The minimum atomic E-state index is 0.0768. The molecule has 0 radical (unpaired) electrons. The van der Waals surface area contributed by atoms with Crippen LogP contribution in [-0.4, -0.2) is 25.2 Å². The zero-order valence-electron chi connectivity index (χ0n) is 13.8. The number of hydrogen-bond donors (Lipinski definition) is 1. The van der Waals surface area contributed by atoms with Gasteiger partial charge in [-0.1, -0.05) is 54.1 Å². The van der Waals surface area contributed by atoms with Crippen molar-refractivity contribution in [3.8, 4) is 0 Å². The molecule has 0 aromatic heterocycles. The molecule has 0 saturated carbocycles. The van der Waals surface area contributed by atoms with E-state index in [0.29, 0.717) is 5.56 Å². The molecule has 0 spiro atoms. The number of benzene rings is 2. The van der Waals surface area contributed by atoms with Crippen molar-refractivity contribution in [2.24, 2.45) is 0 Å². The third-order valence-corrected chi connectivity index (χ3v) is 4.48. The van der Waals surface area contributed by atoms with E-state index in [1.807, 2.05) is 48.5 Å². The summed E-state index contributed by atoms with van der Waals surface area (Å²) in [6.07, 6.45) is 2.89. The van der Waals surface area contributed by atoms with Gasteiger partial charge in [-0.25, -0.2) is 0 Å². The summed E-state index contributed by atoms with van der Waals surface area (Å²) in [4.78, 5) is 22.4. The lowest BCUT2D eigenvalue weighted by Crippen LogP contribution is -2.23. The van der Waals surface area contributed by atoms with Gasteiger partial charge in [0.1, 0.15) is 6.29 Å². The van der Waals surface area contributed by atoms with Crippen molar-refractivity contribution in [1.29, 1.82) is 0 Å². The van der Waals surface area contributed by atoms with Gasteiger partial charge in [-0.2, -0.15) is 0 Å². The largest absolute Gasteiger partial charge is 0.316 e. The Morgan fingerprint density at radius 1 is 0.875 bits per heavy atom. The average molecular weight is 319 g/mol. The molecule has 3 heteroatoms. The Morgan fingerprint density at radius 2 is 1.38 bits per heavy atom. The second-order valence-electron chi connectivity index (χ2n) is 6.10. The molecule has 1 saturated heterocycles. The highest BCUT2D eigenvalue weighted by Crippen LogP contribution is 2.31. The van der Waals surface area contributed by atoms with Crippen LogP contribution in [0.2, 0.25) is 0 Å². The molecule has 1 aliphatic heterocycles. The van der Waals surface area contributed by atoms with E-state index in [1.54, 1.807) is 6.92 Å². The van der Waals surface area contributed by atoms with Gasteiger partial charge < -0.3 is 5.32 Å². The summed E-state index contributed by atoms with van der Waals surface area (Å²) in [6.45, 7) is 3.55. The molecule has 122 valence electrons. The van der Waals surface area contributed by atoms with Crippen molar-refractivity contribution < 1.29 is 9.59 Å². The number of rotatable bonds is 4. The highest BCUT2D eigenvalue weighted by Gasteiger charge is 2.15. The normalized spacial score (nSPS) is 14.3. The Balaban J connectivity index is 2.07. The van der Waals surface area contributed by atoms with Crippen LogP contribution in [-0.2, 0) is 0 Å². The standard InChI is InChI=1S/C21H21NO2/c1-15(24)17-6-8-19(9-7-17)21(20-10-12-22-13-11-20)18-4-2-16(14-23)3-5-18/h2-9,14,22H,10-13H2,1H3. The molecule has 1 fully saturated rings. The van der Waals surface area contributed by atoms with Crippen LogP contribution in [0.3, 0.4) is 0 Å². The van der Waals surface area contributed by atoms with E-state index in [-0.39, 0.29) is 5.78 Å². The molecule has 3 nitrogen and oxygen atoms in total. The summed E-state index contributed by atoms with van der Waals surface area (Å²) >= 11 is 0. The van der Waals surface area contributed by atoms with Crippen molar-refractivity contribution in [1.82, 2.24) is 5.32 Å². The summed E-state index contributed by atoms with van der Waals surface area (Å²) in [5.74, 6) is 0.0768. The van der Waals surface area contributed by atoms with Gasteiger partial charge >= 0.3 is 0 Å². The van der Waals surface area contributed by atoms with E-state index in [2.05, 4.69) is 5.32 Å². The highest BCUT2D eigenvalue weighted by molar-refractivity contribution is 5.94. The topological polar surface area (TPSA) is 46.2 Å². The molecule has 0 bridgehead atoms. The van der Waals surface area contributed by atoms with Gasteiger partial charge in [0.15, 0.2) is 5.78 Å². The Morgan fingerprint density at radius 3 is 1.88 bits per heavy atom. The van der Waals surface area contributed by atoms with Crippen LogP contribution in [0.4, 0.5) is 0 Å². The first-order chi connectivity index (χ1) is 11.7. The molecule has 0 aliphatic carbocycles. The van der Waals surface area contributed by atoms with Gasteiger partial charge in [-0.15, -0.1) is 0 Å². The lowest BCUT2D eigenvalue weighted by Gasteiger charge is -2.21. The fourth-order valence-corrected chi connectivity index (χ4v) is 3.15. The van der Waals surface area contributed by atoms with Crippen LogP contribution in [0.1, 0.15) is 51.6 Å².